The van der Waals surface area contributed by atoms with E-state index in [0.29, 0.717) is 16.5 Å². The van der Waals surface area contributed by atoms with Gasteiger partial charge in [-0.3, -0.25) is 4.98 Å². The summed E-state index contributed by atoms with van der Waals surface area (Å²) >= 11 is 1.50. The SMILES string of the molecule is CC(Nc1ncnc(Sc2cccc3cccnc23)c1N)c1ccccc1. The van der Waals surface area contributed by atoms with Gasteiger partial charge in [-0.15, -0.1) is 0 Å². The van der Waals surface area contributed by atoms with Gasteiger partial charge >= 0.3 is 0 Å². The maximum absolute atomic E-state index is 6.37. The predicted molar refractivity (Wildman–Crippen MR) is 111 cm³/mol. The van der Waals surface area contributed by atoms with E-state index in [9.17, 15) is 0 Å². The molecule has 2 aromatic carbocycles. The highest BCUT2D eigenvalue weighted by Gasteiger charge is 2.14. The van der Waals surface area contributed by atoms with Crippen molar-refractivity contribution in [2.75, 3.05) is 11.1 Å². The molecule has 0 aliphatic rings. The number of para-hydroxylation sites is 1. The summed E-state index contributed by atoms with van der Waals surface area (Å²) in [5.74, 6) is 0.636. The van der Waals surface area contributed by atoms with E-state index in [1.165, 1.54) is 23.7 Å². The van der Waals surface area contributed by atoms with Crippen molar-refractivity contribution in [3.05, 3.63) is 78.8 Å². The largest absolute Gasteiger partial charge is 0.394 e. The number of nitrogens with two attached hydrogens (primary N) is 1. The van der Waals surface area contributed by atoms with Crippen molar-refractivity contribution in [1.29, 1.82) is 0 Å². The fraction of sp³-hybridized carbons (Fsp3) is 0.0952. The summed E-state index contributed by atoms with van der Waals surface area (Å²) in [5, 5.41) is 5.19. The number of benzene rings is 2. The molecule has 27 heavy (non-hydrogen) atoms. The van der Waals surface area contributed by atoms with Crippen LogP contribution in [-0.2, 0) is 0 Å². The molecule has 0 saturated carbocycles. The molecule has 0 radical (unpaired) electrons. The molecule has 0 aliphatic carbocycles. The number of hydrogen-bond acceptors (Lipinski definition) is 6. The van der Waals surface area contributed by atoms with E-state index in [2.05, 4.69) is 39.3 Å². The third-order valence-electron chi connectivity index (χ3n) is 4.30. The Kier molecular flexibility index (Phi) is 4.89. The van der Waals surface area contributed by atoms with Crippen LogP contribution in [-0.4, -0.2) is 15.0 Å². The lowest BCUT2D eigenvalue weighted by molar-refractivity contribution is 0.868. The van der Waals surface area contributed by atoms with Crippen LogP contribution < -0.4 is 11.1 Å². The smallest absolute Gasteiger partial charge is 0.154 e. The average molecular weight is 373 g/mol. The normalized spacial score (nSPS) is 12.0. The number of nitrogen functional groups attached to an aromatic ring is 1. The van der Waals surface area contributed by atoms with Crippen LogP contribution in [0.4, 0.5) is 11.5 Å². The van der Waals surface area contributed by atoms with Crippen molar-refractivity contribution >= 4 is 34.2 Å². The zero-order chi connectivity index (χ0) is 18.6. The second kappa shape index (κ2) is 7.63. The summed E-state index contributed by atoms with van der Waals surface area (Å²) in [7, 11) is 0. The summed E-state index contributed by atoms with van der Waals surface area (Å²) in [6, 6.07) is 20.3. The zero-order valence-corrected chi connectivity index (χ0v) is 15.6. The van der Waals surface area contributed by atoms with Crippen molar-refractivity contribution in [1.82, 2.24) is 15.0 Å². The molecule has 1 atom stereocenters. The molecule has 5 nitrogen and oxygen atoms in total. The fourth-order valence-corrected chi connectivity index (χ4v) is 3.80. The highest BCUT2D eigenvalue weighted by molar-refractivity contribution is 7.99. The van der Waals surface area contributed by atoms with Crippen molar-refractivity contribution in [3.63, 3.8) is 0 Å². The molecule has 2 aromatic heterocycles. The minimum Gasteiger partial charge on any atom is -0.394 e. The van der Waals surface area contributed by atoms with E-state index in [1.54, 1.807) is 6.20 Å². The molecule has 4 rings (SSSR count). The summed E-state index contributed by atoms with van der Waals surface area (Å²) < 4.78 is 0. The molecule has 0 saturated heterocycles. The second-order valence-electron chi connectivity index (χ2n) is 6.15. The van der Waals surface area contributed by atoms with E-state index in [0.717, 1.165) is 15.8 Å². The van der Waals surface area contributed by atoms with Crippen LogP contribution >= 0.6 is 11.8 Å². The molecular weight excluding hydrogens is 354 g/mol. The first-order chi connectivity index (χ1) is 13.2. The maximum Gasteiger partial charge on any atom is 0.154 e. The number of rotatable bonds is 5. The van der Waals surface area contributed by atoms with Crippen molar-refractivity contribution in [2.45, 2.75) is 22.9 Å². The third-order valence-corrected chi connectivity index (χ3v) is 5.37. The van der Waals surface area contributed by atoms with Crippen LogP contribution in [0.3, 0.4) is 0 Å². The summed E-state index contributed by atoms with van der Waals surface area (Å²) in [4.78, 5) is 14.2. The van der Waals surface area contributed by atoms with Crippen LogP contribution in [0.25, 0.3) is 10.9 Å². The Morgan fingerprint density at radius 1 is 0.926 bits per heavy atom. The zero-order valence-electron chi connectivity index (χ0n) is 14.8. The van der Waals surface area contributed by atoms with Crippen molar-refractivity contribution in [3.8, 4) is 0 Å². The van der Waals surface area contributed by atoms with Gasteiger partial charge in [0, 0.05) is 16.5 Å². The summed E-state index contributed by atoms with van der Waals surface area (Å²) in [6.45, 7) is 2.08. The minimum absolute atomic E-state index is 0.0838. The Morgan fingerprint density at radius 2 is 1.74 bits per heavy atom. The van der Waals surface area contributed by atoms with Crippen LogP contribution in [0.2, 0.25) is 0 Å². The molecule has 0 fully saturated rings. The van der Waals surface area contributed by atoms with E-state index in [1.807, 2.05) is 48.5 Å². The van der Waals surface area contributed by atoms with Crippen LogP contribution in [0.5, 0.6) is 0 Å². The number of pyridine rings is 1. The van der Waals surface area contributed by atoms with Gasteiger partial charge in [-0.25, -0.2) is 9.97 Å². The average Bonchev–Trinajstić information content (AvgIpc) is 2.72. The van der Waals surface area contributed by atoms with E-state index in [-0.39, 0.29) is 6.04 Å². The molecule has 0 bridgehead atoms. The monoisotopic (exact) mass is 373 g/mol. The highest BCUT2D eigenvalue weighted by atomic mass is 32.2. The van der Waals surface area contributed by atoms with E-state index in [4.69, 9.17) is 5.73 Å². The Balaban J connectivity index is 1.62. The lowest BCUT2D eigenvalue weighted by atomic mass is 10.1. The molecule has 6 heteroatoms. The van der Waals surface area contributed by atoms with E-state index >= 15 is 0 Å². The summed E-state index contributed by atoms with van der Waals surface area (Å²) in [6.07, 6.45) is 3.33. The number of nitrogens with zero attached hydrogens (tertiary/aromatic N) is 3. The van der Waals surface area contributed by atoms with Gasteiger partial charge in [0.2, 0.25) is 0 Å². The third kappa shape index (κ3) is 3.71. The van der Waals surface area contributed by atoms with Crippen molar-refractivity contribution < 1.29 is 0 Å². The van der Waals surface area contributed by atoms with Gasteiger partial charge in [-0.05, 0) is 24.6 Å². The van der Waals surface area contributed by atoms with Gasteiger partial charge < -0.3 is 11.1 Å². The first kappa shape index (κ1) is 17.3. The fourth-order valence-electron chi connectivity index (χ4n) is 2.87. The molecule has 0 amide bonds. The standard InChI is InChI=1S/C21H19N5S/c1-14(15-7-3-2-4-8-15)26-20-18(22)21(25-13-24-20)27-17-11-5-9-16-10-6-12-23-19(16)17/h2-14H,22H2,1H3,(H,24,25,26). The number of anilines is 2. The molecule has 1 unspecified atom stereocenters. The van der Waals surface area contributed by atoms with Gasteiger partial charge in [0.25, 0.3) is 0 Å². The molecule has 134 valence electrons. The van der Waals surface area contributed by atoms with E-state index < -0.39 is 0 Å². The molecule has 0 aliphatic heterocycles. The van der Waals surface area contributed by atoms with Crippen molar-refractivity contribution in [2.24, 2.45) is 0 Å². The molecule has 4 aromatic rings. The van der Waals surface area contributed by atoms with Gasteiger partial charge in [0.15, 0.2) is 5.82 Å². The molecule has 2 heterocycles. The van der Waals surface area contributed by atoms with Gasteiger partial charge in [-0.2, -0.15) is 0 Å². The number of aromatic nitrogens is 3. The van der Waals surface area contributed by atoms with Crippen LogP contribution in [0.15, 0.2) is 83.1 Å². The lowest BCUT2D eigenvalue weighted by Crippen LogP contribution is -2.10. The highest BCUT2D eigenvalue weighted by Crippen LogP contribution is 2.36. The Hall–Kier alpha value is -3.12. The Morgan fingerprint density at radius 3 is 2.59 bits per heavy atom. The maximum atomic E-state index is 6.37. The first-order valence-electron chi connectivity index (χ1n) is 8.66. The predicted octanol–water partition coefficient (Wildman–Crippen LogP) is 4.93. The lowest BCUT2D eigenvalue weighted by Gasteiger charge is -2.17. The van der Waals surface area contributed by atoms with Gasteiger partial charge in [0.05, 0.1) is 11.6 Å². The minimum atomic E-state index is 0.0838. The number of nitrogens with one attached hydrogen (secondary N) is 1. The second-order valence-corrected chi connectivity index (χ2v) is 7.18. The quantitative estimate of drug-likeness (QED) is 0.483. The van der Waals surface area contributed by atoms with Crippen LogP contribution in [0.1, 0.15) is 18.5 Å². The Labute approximate surface area is 162 Å². The summed E-state index contributed by atoms with van der Waals surface area (Å²) in [5.41, 5.74) is 9.02. The number of hydrogen-bond donors (Lipinski definition) is 2. The first-order valence-corrected chi connectivity index (χ1v) is 9.47. The molecule has 0 spiro atoms. The van der Waals surface area contributed by atoms with Gasteiger partial charge in [-0.1, -0.05) is 60.3 Å². The molecule has 3 N–H and O–H groups in total. The van der Waals surface area contributed by atoms with Crippen LogP contribution in [0, 0.1) is 0 Å². The number of fused-ring (bicyclic) bond motifs is 1. The van der Waals surface area contributed by atoms with Gasteiger partial charge in [0.1, 0.15) is 17.0 Å². The topological polar surface area (TPSA) is 76.7 Å². The Bertz CT molecular complexity index is 1060. The molecular formula is C21H19N5S.